The summed E-state index contributed by atoms with van der Waals surface area (Å²) in [5.74, 6) is -0.365. The van der Waals surface area contributed by atoms with E-state index in [1.165, 1.54) is 28.3 Å². The van der Waals surface area contributed by atoms with Crippen LogP contribution in [0, 0.1) is 11.7 Å². The van der Waals surface area contributed by atoms with Crippen LogP contribution in [-0.2, 0) is 24.2 Å². The van der Waals surface area contributed by atoms with Crippen molar-refractivity contribution in [1.82, 2.24) is 9.80 Å². The predicted octanol–water partition coefficient (Wildman–Crippen LogP) is 3.52. The van der Waals surface area contributed by atoms with Crippen LogP contribution in [0.15, 0.2) is 18.2 Å². The zero-order valence-electron chi connectivity index (χ0n) is 18.1. The lowest BCUT2D eigenvalue weighted by molar-refractivity contribution is -0.117. The minimum atomic E-state index is -0.472. The Hall–Kier alpha value is -2.00. The molecule has 32 heavy (non-hydrogen) atoms. The van der Waals surface area contributed by atoms with E-state index < -0.39 is 5.91 Å². The Bertz CT molecular complexity index is 1020. The van der Waals surface area contributed by atoms with Gasteiger partial charge in [0.15, 0.2) is 0 Å². The Morgan fingerprint density at radius 2 is 1.97 bits per heavy atom. The number of fused-ring (bicyclic) bond motifs is 1. The molecule has 6 nitrogen and oxygen atoms in total. The van der Waals surface area contributed by atoms with Crippen LogP contribution < -0.4 is 11.1 Å². The van der Waals surface area contributed by atoms with Crippen LogP contribution in [0.2, 0.25) is 5.02 Å². The number of nitrogens with two attached hydrogens (primary N) is 1. The minimum Gasteiger partial charge on any atom is -0.365 e. The van der Waals surface area contributed by atoms with E-state index in [1.807, 2.05) is 0 Å². The summed E-state index contributed by atoms with van der Waals surface area (Å²) in [4.78, 5) is 30.3. The summed E-state index contributed by atoms with van der Waals surface area (Å²) in [5.41, 5.74) is 8.05. The molecule has 1 aliphatic carbocycles. The van der Waals surface area contributed by atoms with E-state index in [4.69, 9.17) is 17.3 Å². The van der Waals surface area contributed by atoms with Crippen molar-refractivity contribution >= 4 is 39.8 Å². The first-order valence-electron chi connectivity index (χ1n) is 10.9. The first-order chi connectivity index (χ1) is 15.3. The van der Waals surface area contributed by atoms with Crippen molar-refractivity contribution in [1.29, 1.82) is 0 Å². The molecule has 2 heterocycles. The molecule has 1 atom stereocenters. The molecule has 1 aromatic heterocycles. The monoisotopic (exact) mass is 478 g/mol. The molecular formula is C23H28ClFN4O2S. The Morgan fingerprint density at radius 1 is 1.25 bits per heavy atom. The van der Waals surface area contributed by atoms with Gasteiger partial charge in [-0.05, 0) is 48.4 Å². The van der Waals surface area contributed by atoms with Crippen molar-refractivity contribution in [2.45, 2.75) is 32.7 Å². The molecular weight excluding hydrogens is 451 g/mol. The predicted molar refractivity (Wildman–Crippen MR) is 126 cm³/mol. The normalized spacial score (nSPS) is 19.5. The number of halogens is 2. The Kier molecular flexibility index (Phi) is 7.14. The highest BCUT2D eigenvalue weighted by Crippen LogP contribution is 2.39. The number of carbonyl (C=O) groups is 2. The first kappa shape index (κ1) is 23.2. The van der Waals surface area contributed by atoms with Crippen LogP contribution in [0.1, 0.15) is 39.7 Å². The van der Waals surface area contributed by atoms with Gasteiger partial charge < -0.3 is 11.1 Å². The molecule has 1 saturated heterocycles. The smallest absolute Gasteiger partial charge is 0.251 e. The number of hydrogen-bond donors (Lipinski definition) is 2. The number of benzene rings is 1. The van der Waals surface area contributed by atoms with E-state index in [1.54, 1.807) is 6.07 Å². The number of nitrogens with zero attached hydrogens (tertiary/aromatic N) is 2. The number of amides is 2. The molecule has 0 spiro atoms. The van der Waals surface area contributed by atoms with Gasteiger partial charge in [-0.2, -0.15) is 0 Å². The number of hydrogen-bond acceptors (Lipinski definition) is 5. The maximum Gasteiger partial charge on any atom is 0.251 e. The zero-order valence-corrected chi connectivity index (χ0v) is 19.7. The van der Waals surface area contributed by atoms with Crippen LogP contribution in [0.25, 0.3) is 0 Å². The molecule has 0 bridgehead atoms. The van der Waals surface area contributed by atoms with E-state index in [2.05, 4.69) is 22.0 Å². The molecule has 0 radical (unpaired) electrons. The standard InChI is InChI=1S/C23H28ClFN4O2S/c1-14-2-5-17-19(10-14)32-23(21(17)22(26)31)27-20(30)13-29-8-6-28(7-9-29)12-15-3-4-16(25)11-18(15)24/h3-4,11,14H,2,5-10,12-13H2,1H3,(H2,26,31)(H,27,30). The first-order valence-corrected chi connectivity index (χ1v) is 12.1. The van der Waals surface area contributed by atoms with Crippen molar-refractivity contribution in [3.63, 3.8) is 0 Å². The van der Waals surface area contributed by atoms with Crippen molar-refractivity contribution < 1.29 is 14.0 Å². The number of piperazine rings is 1. The number of carbonyl (C=O) groups excluding carboxylic acids is 2. The van der Waals surface area contributed by atoms with Crippen molar-refractivity contribution in [3.8, 4) is 0 Å². The van der Waals surface area contributed by atoms with Gasteiger partial charge in [-0.15, -0.1) is 11.3 Å². The number of primary amides is 1. The van der Waals surface area contributed by atoms with Crippen LogP contribution in [-0.4, -0.2) is 54.3 Å². The lowest BCUT2D eigenvalue weighted by Gasteiger charge is -2.34. The molecule has 1 fully saturated rings. The van der Waals surface area contributed by atoms with E-state index >= 15 is 0 Å². The van der Waals surface area contributed by atoms with E-state index in [0.29, 0.717) is 28.0 Å². The second-order valence-corrected chi connectivity index (χ2v) is 10.3. The average molecular weight is 479 g/mol. The van der Waals surface area contributed by atoms with Gasteiger partial charge >= 0.3 is 0 Å². The van der Waals surface area contributed by atoms with Crippen LogP contribution in [0.3, 0.4) is 0 Å². The van der Waals surface area contributed by atoms with Crippen LogP contribution in [0.4, 0.5) is 9.39 Å². The molecule has 2 aromatic rings. The molecule has 172 valence electrons. The highest BCUT2D eigenvalue weighted by molar-refractivity contribution is 7.17. The number of nitrogens with one attached hydrogen (secondary N) is 1. The summed E-state index contributed by atoms with van der Waals surface area (Å²) >= 11 is 7.63. The minimum absolute atomic E-state index is 0.130. The third-order valence-electron chi connectivity index (χ3n) is 6.25. The fraction of sp³-hybridized carbons (Fsp3) is 0.478. The third kappa shape index (κ3) is 5.31. The average Bonchev–Trinajstić information content (AvgIpc) is 3.08. The molecule has 3 N–H and O–H groups in total. The van der Waals surface area contributed by atoms with Gasteiger partial charge in [0.2, 0.25) is 5.91 Å². The fourth-order valence-corrected chi connectivity index (χ4v) is 6.12. The quantitative estimate of drug-likeness (QED) is 0.665. The van der Waals surface area contributed by atoms with Gasteiger partial charge in [0.25, 0.3) is 5.91 Å². The van der Waals surface area contributed by atoms with Crippen molar-refractivity contribution in [3.05, 3.63) is 50.6 Å². The van der Waals surface area contributed by atoms with Gasteiger partial charge in [0.1, 0.15) is 10.8 Å². The van der Waals surface area contributed by atoms with Crippen LogP contribution in [0.5, 0.6) is 0 Å². The zero-order chi connectivity index (χ0) is 22.8. The summed E-state index contributed by atoms with van der Waals surface area (Å²) in [6.07, 6.45) is 2.79. The second-order valence-electron chi connectivity index (χ2n) is 8.76. The molecule has 2 amide bonds. The van der Waals surface area contributed by atoms with Gasteiger partial charge in [0.05, 0.1) is 12.1 Å². The summed E-state index contributed by atoms with van der Waals surface area (Å²) in [7, 11) is 0. The van der Waals surface area contributed by atoms with E-state index in [9.17, 15) is 14.0 Å². The van der Waals surface area contributed by atoms with Crippen molar-refractivity contribution in [2.24, 2.45) is 11.7 Å². The third-order valence-corrected chi connectivity index (χ3v) is 7.77. The Balaban J connectivity index is 1.32. The lowest BCUT2D eigenvalue weighted by Crippen LogP contribution is -2.48. The highest BCUT2D eigenvalue weighted by Gasteiger charge is 2.28. The van der Waals surface area contributed by atoms with Gasteiger partial charge in [-0.1, -0.05) is 24.6 Å². The van der Waals surface area contributed by atoms with E-state index in [0.717, 1.165) is 56.6 Å². The number of anilines is 1. The SMILES string of the molecule is CC1CCc2c(sc(NC(=O)CN3CCN(Cc4ccc(F)cc4Cl)CC3)c2C(N)=O)C1. The van der Waals surface area contributed by atoms with Gasteiger partial charge in [-0.25, -0.2) is 4.39 Å². The maximum atomic E-state index is 13.2. The Labute approximate surface area is 196 Å². The van der Waals surface area contributed by atoms with Gasteiger partial charge in [-0.3, -0.25) is 19.4 Å². The maximum absolute atomic E-state index is 13.2. The fourth-order valence-electron chi connectivity index (χ4n) is 4.47. The van der Waals surface area contributed by atoms with E-state index in [-0.39, 0.29) is 18.3 Å². The summed E-state index contributed by atoms with van der Waals surface area (Å²) in [6, 6.07) is 4.47. The Morgan fingerprint density at radius 3 is 2.66 bits per heavy atom. The molecule has 4 rings (SSSR count). The summed E-state index contributed by atoms with van der Waals surface area (Å²) < 4.78 is 13.2. The van der Waals surface area contributed by atoms with Gasteiger partial charge in [0, 0.05) is 42.6 Å². The largest absolute Gasteiger partial charge is 0.365 e. The number of rotatable bonds is 6. The van der Waals surface area contributed by atoms with Crippen LogP contribution >= 0.6 is 22.9 Å². The molecule has 9 heteroatoms. The molecule has 1 unspecified atom stereocenters. The summed E-state index contributed by atoms with van der Waals surface area (Å²) in [6.45, 7) is 6.19. The second kappa shape index (κ2) is 9.87. The summed E-state index contributed by atoms with van der Waals surface area (Å²) in [5, 5.41) is 3.97. The highest BCUT2D eigenvalue weighted by atomic mass is 35.5. The molecule has 0 saturated carbocycles. The van der Waals surface area contributed by atoms with Crippen molar-refractivity contribution in [2.75, 3.05) is 38.0 Å². The molecule has 1 aliphatic heterocycles. The molecule has 1 aromatic carbocycles. The number of thiophene rings is 1. The topological polar surface area (TPSA) is 78.7 Å². The lowest BCUT2D eigenvalue weighted by atomic mass is 9.88. The molecule has 2 aliphatic rings.